The summed E-state index contributed by atoms with van der Waals surface area (Å²) >= 11 is 0. The maximum atomic E-state index is 12.7. The number of benzene rings is 2. The van der Waals surface area contributed by atoms with Gasteiger partial charge in [0.25, 0.3) is 0 Å². The van der Waals surface area contributed by atoms with Gasteiger partial charge in [0, 0.05) is 0 Å². The molecule has 0 saturated heterocycles. The lowest BCUT2D eigenvalue weighted by Gasteiger charge is -2.28. The van der Waals surface area contributed by atoms with Gasteiger partial charge in [-0.3, -0.25) is 4.79 Å². The summed E-state index contributed by atoms with van der Waals surface area (Å²) in [6.45, 7) is 5.56. The third kappa shape index (κ3) is 6.22. The summed E-state index contributed by atoms with van der Waals surface area (Å²) in [5, 5.41) is 2.77. The van der Waals surface area contributed by atoms with E-state index in [0.717, 1.165) is 11.1 Å². The van der Waals surface area contributed by atoms with Crippen molar-refractivity contribution in [2.24, 2.45) is 11.7 Å². The highest BCUT2D eigenvalue weighted by Crippen LogP contribution is 2.13. The molecule has 0 radical (unpaired) electrons. The molecule has 2 aromatic rings. The number of hydrogen-bond donors (Lipinski definition) is 2. The van der Waals surface area contributed by atoms with Crippen LogP contribution in [0.4, 0.5) is 0 Å². The quantitative estimate of drug-likeness (QED) is 0.702. The number of nitrogens with one attached hydrogen (secondary N) is 1. The Morgan fingerprint density at radius 2 is 1.52 bits per heavy atom. The molecular formula is C22H28N2O3. The lowest BCUT2D eigenvalue weighted by molar-refractivity contribution is -0.151. The summed E-state index contributed by atoms with van der Waals surface area (Å²) in [4.78, 5) is 25.2. The first-order valence-corrected chi connectivity index (χ1v) is 9.14. The second-order valence-electron chi connectivity index (χ2n) is 7.37. The van der Waals surface area contributed by atoms with Crippen molar-refractivity contribution < 1.29 is 14.3 Å². The minimum atomic E-state index is -1.13. The monoisotopic (exact) mass is 368 g/mol. The molecule has 3 N–H and O–H groups in total. The summed E-state index contributed by atoms with van der Waals surface area (Å²) in [6.07, 6.45) is 0.379. The SMILES string of the molecule is CC(C)[C@@H](NC(=O)[C@](C)(N)Cc1ccccc1)C(=O)OCc1ccccc1. The van der Waals surface area contributed by atoms with Crippen LogP contribution in [-0.2, 0) is 27.4 Å². The van der Waals surface area contributed by atoms with E-state index in [1.807, 2.05) is 74.5 Å². The van der Waals surface area contributed by atoms with Crippen LogP contribution < -0.4 is 11.1 Å². The van der Waals surface area contributed by atoms with Gasteiger partial charge in [0.2, 0.25) is 5.91 Å². The second kappa shape index (κ2) is 9.33. The van der Waals surface area contributed by atoms with Crippen molar-refractivity contribution in [3.63, 3.8) is 0 Å². The highest BCUT2D eigenvalue weighted by atomic mass is 16.5. The Balaban J connectivity index is 1.99. The van der Waals surface area contributed by atoms with Gasteiger partial charge < -0.3 is 15.8 Å². The summed E-state index contributed by atoms with van der Waals surface area (Å²) in [5.74, 6) is -0.954. The van der Waals surface area contributed by atoms with Crippen LogP contribution in [0.1, 0.15) is 31.9 Å². The van der Waals surface area contributed by atoms with Crippen molar-refractivity contribution in [1.82, 2.24) is 5.32 Å². The van der Waals surface area contributed by atoms with E-state index in [-0.39, 0.29) is 18.4 Å². The molecule has 27 heavy (non-hydrogen) atoms. The molecule has 2 atom stereocenters. The minimum Gasteiger partial charge on any atom is -0.459 e. The molecular weight excluding hydrogens is 340 g/mol. The fraction of sp³-hybridized carbons (Fsp3) is 0.364. The van der Waals surface area contributed by atoms with Gasteiger partial charge in [0.05, 0.1) is 5.54 Å². The first-order chi connectivity index (χ1) is 12.8. The molecule has 0 aliphatic carbocycles. The number of amides is 1. The van der Waals surface area contributed by atoms with Crippen molar-refractivity contribution >= 4 is 11.9 Å². The van der Waals surface area contributed by atoms with E-state index in [1.54, 1.807) is 6.92 Å². The largest absolute Gasteiger partial charge is 0.459 e. The van der Waals surface area contributed by atoms with Crippen LogP contribution >= 0.6 is 0 Å². The second-order valence-corrected chi connectivity index (χ2v) is 7.37. The van der Waals surface area contributed by atoms with Crippen LogP contribution in [0.25, 0.3) is 0 Å². The van der Waals surface area contributed by atoms with Crippen LogP contribution in [0, 0.1) is 5.92 Å². The maximum absolute atomic E-state index is 12.7. The Bertz CT molecular complexity index is 743. The topological polar surface area (TPSA) is 81.4 Å². The van der Waals surface area contributed by atoms with E-state index >= 15 is 0 Å². The van der Waals surface area contributed by atoms with Crippen molar-refractivity contribution in [3.05, 3.63) is 71.8 Å². The fourth-order valence-electron chi connectivity index (χ4n) is 2.72. The normalized spacial score (nSPS) is 14.3. The van der Waals surface area contributed by atoms with Crippen molar-refractivity contribution in [2.45, 2.75) is 45.4 Å². The zero-order valence-corrected chi connectivity index (χ0v) is 16.1. The molecule has 144 valence electrons. The number of hydrogen-bond acceptors (Lipinski definition) is 4. The van der Waals surface area contributed by atoms with Gasteiger partial charge in [-0.2, -0.15) is 0 Å². The summed E-state index contributed by atoms with van der Waals surface area (Å²) in [5.41, 5.74) is 6.97. The lowest BCUT2D eigenvalue weighted by atomic mass is 9.92. The molecule has 0 unspecified atom stereocenters. The van der Waals surface area contributed by atoms with Gasteiger partial charge in [-0.15, -0.1) is 0 Å². The van der Waals surface area contributed by atoms with E-state index < -0.39 is 17.6 Å². The first kappa shape index (κ1) is 20.6. The Labute approximate surface area is 160 Å². The number of esters is 1. The van der Waals surface area contributed by atoms with Crippen LogP contribution in [0.15, 0.2) is 60.7 Å². The number of rotatable bonds is 8. The standard InChI is InChI=1S/C22H28N2O3/c1-16(2)19(20(25)27-15-18-12-8-5-9-13-18)24-21(26)22(3,23)14-17-10-6-4-7-11-17/h4-13,16,19H,14-15,23H2,1-3H3,(H,24,26)/t19-,22-/m1/s1. The Kier molecular flexibility index (Phi) is 7.13. The molecule has 0 aromatic heterocycles. The molecule has 1 amide bonds. The smallest absolute Gasteiger partial charge is 0.329 e. The maximum Gasteiger partial charge on any atom is 0.329 e. The zero-order valence-electron chi connectivity index (χ0n) is 16.1. The molecule has 5 nitrogen and oxygen atoms in total. The van der Waals surface area contributed by atoms with Crippen molar-refractivity contribution in [2.75, 3.05) is 0 Å². The number of ether oxygens (including phenoxy) is 1. The third-order valence-corrected chi connectivity index (χ3v) is 4.36. The Morgan fingerprint density at radius 3 is 2.04 bits per heavy atom. The highest BCUT2D eigenvalue weighted by Gasteiger charge is 2.34. The highest BCUT2D eigenvalue weighted by molar-refractivity contribution is 5.90. The Morgan fingerprint density at radius 1 is 1.00 bits per heavy atom. The van der Waals surface area contributed by atoms with Crippen LogP contribution in [-0.4, -0.2) is 23.5 Å². The molecule has 2 aromatic carbocycles. The van der Waals surface area contributed by atoms with E-state index in [1.165, 1.54) is 0 Å². The summed E-state index contributed by atoms with van der Waals surface area (Å²) in [6, 6.07) is 18.2. The average Bonchev–Trinajstić information content (AvgIpc) is 2.65. The fourth-order valence-corrected chi connectivity index (χ4v) is 2.72. The molecule has 0 fully saturated rings. The Hall–Kier alpha value is -2.66. The molecule has 0 spiro atoms. The van der Waals surface area contributed by atoms with Gasteiger partial charge in [-0.1, -0.05) is 74.5 Å². The molecule has 0 saturated carbocycles. The summed E-state index contributed by atoms with van der Waals surface area (Å²) < 4.78 is 5.39. The van der Waals surface area contributed by atoms with Gasteiger partial charge in [0.15, 0.2) is 0 Å². The van der Waals surface area contributed by atoms with Crippen LogP contribution in [0.5, 0.6) is 0 Å². The number of carbonyl (C=O) groups excluding carboxylic acids is 2. The van der Waals surface area contributed by atoms with Gasteiger partial charge >= 0.3 is 5.97 Å². The van der Waals surface area contributed by atoms with Gasteiger partial charge in [0.1, 0.15) is 12.6 Å². The molecule has 0 bridgehead atoms. The molecule has 0 aliphatic rings. The van der Waals surface area contributed by atoms with Gasteiger partial charge in [-0.25, -0.2) is 4.79 Å². The molecule has 2 rings (SSSR count). The predicted molar refractivity (Wildman–Crippen MR) is 106 cm³/mol. The third-order valence-electron chi connectivity index (χ3n) is 4.36. The molecule has 0 heterocycles. The van der Waals surface area contributed by atoms with Gasteiger partial charge in [-0.05, 0) is 30.4 Å². The predicted octanol–water partition coefficient (Wildman–Crippen LogP) is 2.83. The molecule has 5 heteroatoms. The van der Waals surface area contributed by atoms with E-state index in [9.17, 15) is 9.59 Å². The lowest BCUT2D eigenvalue weighted by Crippen LogP contribution is -2.58. The average molecular weight is 368 g/mol. The first-order valence-electron chi connectivity index (χ1n) is 9.14. The molecule has 0 aliphatic heterocycles. The zero-order chi connectivity index (χ0) is 19.9. The number of carbonyl (C=O) groups is 2. The van der Waals surface area contributed by atoms with E-state index in [0.29, 0.717) is 6.42 Å². The number of nitrogens with two attached hydrogens (primary N) is 1. The van der Waals surface area contributed by atoms with Crippen molar-refractivity contribution in [1.29, 1.82) is 0 Å². The van der Waals surface area contributed by atoms with Crippen molar-refractivity contribution in [3.8, 4) is 0 Å². The van der Waals surface area contributed by atoms with Crippen LogP contribution in [0.2, 0.25) is 0 Å². The van der Waals surface area contributed by atoms with E-state index in [2.05, 4.69) is 5.32 Å². The summed E-state index contributed by atoms with van der Waals surface area (Å²) in [7, 11) is 0. The van der Waals surface area contributed by atoms with Crippen LogP contribution in [0.3, 0.4) is 0 Å². The van der Waals surface area contributed by atoms with E-state index in [4.69, 9.17) is 10.5 Å². The minimum absolute atomic E-state index is 0.121.